The van der Waals surface area contributed by atoms with Gasteiger partial charge in [-0.25, -0.2) is 13.4 Å². The summed E-state index contributed by atoms with van der Waals surface area (Å²) in [5.41, 5.74) is 0.837. The van der Waals surface area contributed by atoms with E-state index in [0.29, 0.717) is 35.4 Å². The Hall–Kier alpha value is -1.51. The molecular formula is C14H17N3O3S2. The molecule has 1 fully saturated rings. The van der Waals surface area contributed by atoms with Crippen LogP contribution in [0.4, 0.5) is 0 Å². The van der Waals surface area contributed by atoms with Crippen LogP contribution in [0.5, 0.6) is 5.88 Å². The molecule has 1 aliphatic heterocycles. The molecule has 0 saturated carbocycles. The van der Waals surface area contributed by atoms with E-state index in [1.54, 1.807) is 23.6 Å². The van der Waals surface area contributed by atoms with Crippen LogP contribution in [0.3, 0.4) is 0 Å². The van der Waals surface area contributed by atoms with Gasteiger partial charge < -0.3 is 4.74 Å². The summed E-state index contributed by atoms with van der Waals surface area (Å²) in [6.45, 7) is 4.50. The van der Waals surface area contributed by atoms with Crippen LogP contribution in [0, 0.1) is 13.8 Å². The van der Waals surface area contributed by atoms with Crippen molar-refractivity contribution in [2.45, 2.75) is 30.6 Å². The molecule has 118 valence electrons. The molecule has 2 aromatic rings. The quantitative estimate of drug-likeness (QED) is 0.852. The molecule has 0 aliphatic carbocycles. The third-order valence-corrected chi connectivity index (χ3v) is 6.67. The lowest BCUT2D eigenvalue weighted by atomic mass is 10.3. The number of rotatable bonds is 4. The molecule has 0 radical (unpaired) electrons. The van der Waals surface area contributed by atoms with Crippen molar-refractivity contribution in [3.05, 3.63) is 35.1 Å². The van der Waals surface area contributed by atoms with Crippen LogP contribution in [0.15, 0.2) is 27.8 Å². The number of aryl methyl sites for hydroxylation is 2. The molecule has 0 aromatic carbocycles. The third-order valence-electron chi connectivity index (χ3n) is 3.43. The van der Waals surface area contributed by atoms with Gasteiger partial charge in [-0.05, 0) is 31.7 Å². The Balaban J connectivity index is 1.70. The van der Waals surface area contributed by atoms with E-state index in [1.165, 1.54) is 15.6 Å². The fraction of sp³-hybridized carbons (Fsp3) is 0.429. The van der Waals surface area contributed by atoms with Gasteiger partial charge in [-0.1, -0.05) is 6.07 Å². The highest BCUT2D eigenvalue weighted by molar-refractivity contribution is 7.91. The monoisotopic (exact) mass is 339 g/mol. The van der Waals surface area contributed by atoms with Gasteiger partial charge in [0.15, 0.2) is 0 Å². The molecule has 0 spiro atoms. The molecule has 0 N–H and O–H groups in total. The highest BCUT2D eigenvalue weighted by Gasteiger charge is 2.34. The van der Waals surface area contributed by atoms with E-state index in [-0.39, 0.29) is 6.10 Å². The van der Waals surface area contributed by atoms with Crippen LogP contribution in [0.1, 0.15) is 17.9 Å². The van der Waals surface area contributed by atoms with E-state index in [2.05, 4.69) is 9.97 Å². The van der Waals surface area contributed by atoms with E-state index < -0.39 is 10.0 Å². The summed E-state index contributed by atoms with van der Waals surface area (Å²) in [4.78, 5) is 8.44. The number of nitrogens with zero attached hydrogens (tertiary/aromatic N) is 3. The molecule has 22 heavy (non-hydrogen) atoms. The average molecular weight is 339 g/mol. The molecule has 6 nitrogen and oxygen atoms in total. The average Bonchev–Trinajstić information content (AvgIpc) is 3.08. The summed E-state index contributed by atoms with van der Waals surface area (Å²) in [5, 5.41) is 1.77. The number of ether oxygens (including phenoxy) is 1. The van der Waals surface area contributed by atoms with Crippen molar-refractivity contribution < 1.29 is 13.2 Å². The maximum atomic E-state index is 12.5. The lowest BCUT2D eigenvalue weighted by molar-refractivity contribution is 0.206. The minimum Gasteiger partial charge on any atom is -0.473 e. The van der Waals surface area contributed by atoms with Crippen molar-refractivity contribution in [2.75, 3.05) is 13.1 Å². The number of aromatic nitrogens is 2. The number of hydrogen-bond donors (Lipinski definition) is 0. The zero-order valence-electron chi connectivity index (χ0n) is 12.4. The molecular weight excluding hydrogens is 322 g/mol. The second kappa shape index (κ2) is 5.94. The van der Waals surface area contributed by atoms with Crippen LogP contribution < -0.4 is 4.74 Å². The van der Waals surface area contributed by atoms with Gasteiger partial charge in [0.2, 0.25) is 5.88 Å². The van der Waals surface area contributed by atoms with Gasteiger partial charge in [0, 0.05) is 18.3 Å². The standard InChI is InChI=1S/C14H17N3O3S2/c1-10-8-13(16-11(2)15-10)20-12-5-6-17(9-12)22(18,19)14-4-3-7-21-14/h3-4,7-8,12H,5-6,9H2,1-2H3. The first-order chi connectivity index (χ1) is 10.4. The molecule has 1 aliphatic rings. The molecule has 1 saturated heterocycles. The zero-order valence-corrected chi connectivity index (χ0v) is 14.0. The first-order valence-corrected chi connectivity index (χ1v) is 9.30. The van der Waals surface area contributed by atoms with Crippen LogP contribution in [-0.4, -0.2) is 41.9 Å². The molecule has 2 aromatic heterocycles. The fourth-order valence-electron chi connectivity index (χ4n) is 2.46. The topological polar surface area (TPSA) is 72.4 Å². The summed E-state index contributed by atoms with van der Waals surface area (Å²) >= 11 is 1.23. The highest BCUT2D eigenvalue weighted by atomic mass is 32.2. The number of sulfonamides is 1. The Kier molecular flexibility index (Phi) is 4.16. The molecule has 0 bridgehead atoms. The highest BCUT2D eigenvalue weighted by Crippen LogP contribution is 2.26. The zero-order chi connectivity index (χ0) is 15.7. The van der Waals surface area contributed by atoms with Gasteiger partial charge in [-0.15, -0.1) is 11.3 Å². The predicted molar refractivity (Wildman–Crippen MR) is 83.6 cm³/mol. The van der Waals surface area contributed by atoms with E-state index in [9.17, 15) is 8.42 Å². The van der Waals surface area contributed by atoms with Crippen molar-refractivity contribution in [3.8, 4) is 5.88 Å². The van der Waals surface area contributed by atoms with Gasteiger partial charge in [0.25, 0.3) is 10.0 Å². The molecule has 0 amide bonds. The Labute approximate surface area is 133 Å². The van der Waals surface area contributed by atoms with Crippen LogP contribution in [0.2, 0.25) is 0 Å². The smallest absolute Gasteiger partial charge is 0.252 e. The van der Waals surface area contributed by atoms with Crippen molar-refractivity contribution in [2.24, 2.45) is 0 Å². The maximum absolute atomic E-state index is 12.5. The fourth-order valence-corrected chi connectivity index (χ4v) is 5.09. The van der Waals surface area contributed by atoms with E-state index in [1.807, 2.05) is 13.8 Å². The van der Waals surface area contributed by atoms with Crippen LogP contribution >= 0.6 is 11.3 Å². The van der Waals surface area contributed by atoms with Crippen molar-refractivity contribution >= 4 is 21.4 Å². The normalized spacial score (nSPS) is 19.5. The summed E-state index contributed by atoms with van der Waals surface area (Å²) in [7, 11) is -3.40. The number of thiophene rings is 1. The Morgan fingerprint density at radius 1 is 1.36 bits per heavy atom. The second-order valence-corrected chi connectivity index (χ2v) is 8.33. The van der Waals surface area contributed by atoms with Gasteiger partial charge in [-0.3, -0.25) is 0 Å². The van der Waals surface area contributed by atoms with E-state index in [0.717, 1.165) is 5.69 Å². The van der Waals surface area contributed by atoms with Gasteiger partial charge >= 0.3 is 0 Å². The second-order valence-electron chi connectivity index (χ2n) is 5.22. The Morgan fingerprint density at radius 2 is 2.18 bits per heavy atom. The van der Waals surface area contributed by atoms with Crippen molar-refractivity contribution in [1.29, 1.82) is 0 Å². The van der Waals surface area contributed by atoms with Gasteiger partial charge in [-0.2, -0.15) is 9.29 Å². The maximum Gasteiger partial charge on any atom is 0.252 e. The minimum absolute atomic E-state index is 0.177. The van der Waals surface area contributed by atoms with Gasteiger partial charge in [0.05, 0.1) is 6.54 Å². The summed E-state index contributed by atoms with van der Waals surface area (Å²) in [6.07, 6.45) is 0.482. The van der Waals surface area contributed by atoms with Crippen LogP contribution in [0.25, 0.3) is 0 Å². The van der Waals surface area contributed by atoms with Crippen molar-refractivity contribution in [1.82, 2.24) is 14.3 Å². The molecule has 1 unspecified atom stereocenters. The minimum atomic E-state index is -3.40. The molecule has 3 heterocycles. The van der Waals surface area contributed by atoms with E-state index >= 15 is 0 Å². The van der Waals surface area contributed by atoms with Gasteiger partial charge in [0.1, 0.15) is 16.1 Å². The summed E-state index contributed by atoms with van der Waals surface area (Å²) in [6, 6.07) is 5.14. The number of hydrogen-bond acceptors (Lipinski definition) is 6. The SMILES string of the molecule is Cc1cc(OC2CCN(S(=O)(=O)c3cccs3)C2)nc(C)n1. The lowest BCUT2D eigenvalue weighted by Gasteiger charge is -2.16. The first-order valence-electron chi connectivity index (χ1n) is 6.98. The largest absolute Gasteiger partial charge is 0.473 e. The Morgan fingerprint density at radius 3 is 2.86 bits per heavy atom. The van der Waals surface area contributed by atoms with Crippen molar-refractivity contribution in [3.63, 3.8) is 0 Å². The Bertz CT molecular complexity index is 739. The lowest BCUT2D eigenvalue weighted by Crippen LogP contribution is -2.30. The molecule has 1 atom stereocenters. The summed E-state index contributed by atoms with van der Waals surface area (Å²) < 4.78 is 32.6. The molecule has 3 rings (SSSR count). The predicted octanol–water partition coefficient (Wildman–Crippen LogP) is 2.00. The first kappa shape index (κ1) is 15.4. The summed E-state index contributed by atoms with van der Waals surface area (Å²) in [5.74, 6) is 1.15. The molecule has 8 heteroatoms. The third kappa shape index (κ3) is 3.13. The van der Waals surface area contributed by atoms with Crippen LogP contribution in [-0.2, 0) is 10.0 Å². The van der Waals surface area contributed by atoms with E-state index in [4.69, 9.17) is 4.74 Å².